The number of nitrogens with two attached hydrogens (primary N) is 6. The Labute approximate surface area is 119 Å². The monoisotopic (exact) mass is 332 g/mol. The van der Waals surface area contributed by atoms with Crippen LogP contribution >= 0.6 is 36.7 Å². The van der Waals surface area contributed by atoms with Crippen LogP contribution in [-0.4, -0.2) is 15.3 Å². The van der Waals surface area contributed by atoms with E-state index in [1.807, 2.05) is 16.3 Å². The Morgan fingerprint density at radius 3 is 0.688 bits per heavy atom. The van der Waals surface area contributed by atoms with Crippen molar-refractivity contribution >= 4 is 52.0 Å². The molecule has 0 spiro atoms. The molecule has 0 fully saturated rings. The molecule has 0 aliphatic rings. The average molecular weight is 332 g/mol. The van der Waals surface area contributed by atoms with E-state index in [-0.39, 0.29) is 32.1 Å². The smallest absolute Gasteiger partial charge is 0.375 e. The van der Waals surface area contributed by atoms with Crippen molar-refractivity contribution in [2.24, 2.45) is 34.7 Å². The molecule has 0 rings (SSSR count). The van der Waals surface area contributed by atoms with Gasteiger partial charge >= 0.3 is 16.8 Å². The van der Waals surface area contributed by atoms with Crippen LogP contribution < -0.4 is 51.0 Å². The van der Waals surface area contributed by atoms with E-state index in [4.69, 9.17) is 17.2 Å². The van der Waals surface area contributed by atoms with Gasteiger partial charge in [-0.25, -0.2) is 17.5 Å². The molecule has 15 N–H and O–H groups in total. The van der Waals surface area contributed by atoms with Gasteiger partial charge < -0.3 is 33.5 Å². The van der Waals surface area contributed by atoms with Gasteiger partial charge in [0.15, 0.2) is 15.3 Å². The van der Waals surface area contributed by atoms with Crippen molar-refractivity contribution in [2.45, 2.75) is 0 Å². The molecule has 0 heterocycles. The van der Waals surface area contributed by atoms with Crippen LogP contribution in [0.1, 0.15) is 0 Å². The Morgan fingerprint density at radius 1 is 0.625 bits per heavy atom. The zero-order valence-corrected chi connectivity index (χ0v) is 11.5. The van der Waals surface area contributed by atoms with E-state index in [9.17, 15) is 0 Å². The maximum absolute atomic E-state index is 4.79. The van der Waals surface area contributed by atoms with Gasteiger partial charge in [-0.1, -0.05) is 0 Å². The third-order valence-corrected chi connectivity index (χ3v) is 0.780. The van der Waals surface area contributed by atoms with E-state index in [0.29, 0.717) is 0 Å². The minimum absolute atomic E-state index is 0. The topological polar surface area (TPSA) is 192 Å². The second-order valence-electron chi connectivity index (χ2n) is 1.53. The van der Waals surface area contributed by atoms with Crippen LogP contribution in [0.25, 0.3) is 0 Å². The fraction of sp³-hybridized carbons (Fsp3) is 0. The molecule has 0 atom stereocenters. The molecule has 16 heavy (non-hydrogen) atoms. The minimum Gasteiger partial charge on any atom is -0.375 e. The fourth-order valence-electron chi connectivity index (χ4n) is 0. The largest absolute Gasteiger partial charge is 3.00 e. The molecule has 0 saturated heterocycles. The normalized spacial score (nSPS) is 6.19. The fourth-order valence-corrected chi connectivity index (χ4v) is 0. The maximum Gasteiger partial charge on any atom is 3.00 e. The summed E-state index contributed by atoms with van der Waals surface area (Å²) in [6.07, 6.45) is 0. The molecule has 13 heteroatoms. The Morgan fingerprint density at radius 2 is 0.688 bits per heavy atom. The molecule has 0 unspecified atom stereocenters. The third kappa shape index (κ3) is 70.1. The number of nitrogens with one attached hydrogen (secondary N) is 3. The summed E-state index contributed by atoms with van der Waals surface area (Å²) in [5.74, 6) is 14.0. The van der Waals surface area contributed by atoms with Crippen LogP contribution in [0.15, 0.2) is 0 Å². The van der Waals surface area contributed by atoms with E-state index in [2.05, 4.69) is 54.2 Å². The van der Waals surface area contributed by atoms with Crippen molar-refractivity contribution in [3.05, 3.63) is 0 Å². The first-order chi connectivity index (χ1) is 6.81. The maximum atomic E-state index is 4.79. The van der Waals surface area contributed by atoms with Gasteiger partial charge in [0.2, 0.25) is 0 Å². The molecular formula is C3H15CoN9S3+3. The van der Waals surface area contributed by atoms with Crippen molar-refractivity contribution in [1.82, 2.24) is 16.3 Å². The van der Waals surface area contributed by atoms with Crippen molar-refractivity contribution in [2.75, 3.05) is 0 Å². The Kier molecular flexibility index (Phi) is 30.7. The van der Waals surface area contributed by atoms with Crippen LogP contribution in [0.3, 0.4) is 0 Å². The number of thiocarbonyl (C=S) groups is 3. The van der Waals surface area contributed by atoms with Crippen molar-refractivity contribution in [1.29, 1.82) is 0 Å². The third-order valence-electron chi connectivity index (χ3n) is 0.427. The summed E-state index contributed by atoms with van der Waals surface area (Å²) in [5, 5.41) is 0.347. The van der Waals surface area contributed by atoms with Crippen molar-refractivity contribution < 1.29 is 16.8 Å². The van der Waals surface area contributed by atoms with E-state index in [1.165, 1.54) is 0 Å². The molecular weight excluding hydrogens is 317 g/mol. The van der Waals surface area contributed by atoms with Gasteiger partial charge in [-0.15, -0.1) is 0 Å². The number of hydrogen-bond donors (Lipinski definition) is 9. The molecule has 0 bridgehead atoms. The molecule has 0 saturated carbocycles. The van der Waals surface area contributed by atoms with E-state index >= 15 is 0 Å². The summed E-state index contributed by atoms with van der Waals surface area (Å²) in [5.41, 5.74) is 20.5. The van der Waals surface area contributed by atoms with E-state index in [0.717, 1.165) is 0 Å². The number of rotatable bonds is 0. The van der Waals surface area contributed by atoms with Gasteiger partial charge in [-0.05, 0) is 36.7 Å². The SMILES string of the molecule is NNC(N)=S.NNC(N)=S.NNC(N)=S.[Co+3]. The van der Waals surface area contributed by atoms with Gasteiger partial charge in [-0.3, -0.25) is 0 Å². The summed E-state index contributed by atoms with van der Waals surface area (Å²) in [7, 11) is 0. The van der Waals surface area contributed by atoms with Gasteiger partial charge in [0.05, 0.1) is 0 Å². The predicted molar refractivity (Wildman–Crippen MR) is 72.3 cm³/mol. The van der Waals surface area contributed by atoms with Crippen LogP contribution in [0.2, 0.25) is 0 Å². The standard InChI is InChI=1S/3CH5N3S.Co/c3*2-1(5)4-3;/h3*3H2,(H3,2,4,5);/q;;;+3. The molecule has 0 amide bonds. The van der Waals surface area contributed by atoms with Crippen LogP contribution in [-0.2, 0) is 16.8 Å². The van der Waals surface area contributed by atoms with Crippen LogP contribution in [0.5, 0.6) is 0 Å². The Hall–Kier alpha value is -0.544. The van der Waals surface area contributed by atoms with Gasteiger partial charge in [0, 0.05) is 0 Å². The van der Waals surface area contributed by atoms with Crippen LogP contribution in [0, 0.1) is 0 Å². The summed E-state index contributed by atoms with van der Waals surface area (Å²) in [6.45, 7) is 0. The predicted octanol–water partition coefficient (Wildman–Crippen LogP) is -3.92. The summed E-state index contributed by atoms with van der Waals surface area (Å²) in [4.78, 5) is 0. The second-order valence-corrected chi connectivity index (χ2v) is 2.85. The zero-order chi connectivity index (χ0) is 12.9. The molecule has 0 radical (unpaired) electrons. The van der Waals surface area contributed by atoms with Gasteiger partial charge in [0.1, 0.15) is 0 Å². The Bertz CT molecular complexity index is 165. The van der Waals surface area contributed by atoms with Gasteiger partial charge in [0.25, 0.3) is 0 Å². The van der Waals surface area contributed by atoms with E-state index < -0.39 is 0 Å². The molecule has 0 aliphatic carbocycles. The Balaban J connectivity index is -0.0000000655. The first-order valence-electron chi connectivity index (χ1n) is 3.09. The first-order valence-corrected chi connectivity index (χ1v) is 4.32. The molecule has 0 aliphatic heterocycles. The molecule has 0 aromatic rings. The average Bonchev–Trinajstić information content (AvgIpc) is 2.19. The van der Waals surface area contributed by atoms with Crippen molar-refractivity contribution in [3.8, 4) is 0 Å². The minimum atomic E-state index is 0. The summed E-state index contributed by atoms with van der Waals surface area (Å²) < 4.78 is 0. The quantitative estimate of drug-likeness (QED) is 0.119. The molecule has 0 aromatic heterocycles. The first kappa shape index (κ1) is 24.6. The molecule has 9 nitrogen and oxygen atoms in total. The number of hydrogen-bond acceptors (Lipinski definition) is 6. The van der Waals surface area contributed by atoms with Crippen LogP contribution in [0.4, 0.5) is 0 Å². The zero-order valence-electron chi connectivity index (χ0n) is 8.02. The summed E-state index contributed by atoms with van der Waals surface area (Å²) in [6, 6.07) is 0. The second kappa shape index (κ2) is 19.9. The van der Waals surface area contributed by atoms with Crippen molar-refractivity contribution in [3.63, 3.8) is 0 Å². The molecule has 96 valence electrons. The molecule has 0 aromatic carbocycles. The number of hydrazine groups is 3. The van der Waals surface area contributed by atoms with E-state index in [1.54, 1.807) is 0 Å². The summed E-state index contributed by atoms with van der Waals surface area (Å²) >= 11 is 12.7. The van der Waals surface area contributed by atoms with Gasteiger partial charge in [-0.2, -0.15) is 0 Å².